The van der Waals surface area contributed by atoms with Gasteiger partial charge in [0, 0.05) is 11.9 Å². The van der Waals surface area contributed by atoms with Crippen molar-refractivity contribution in [1.29, 1.82) is 0 Å². The summed E-state index contributed by atoms with van der Waals surface area (Å²) in [5, 5.41) is 7.75. The molecule has 3 aliphatic rings. The van der Waals surface area contributed by atoms with Crippen LogP contribution in [0.1, 0.15) is 57.8 Å². The third-order valence-corrected chi connectivity index (χ3v) is 8.73. The maximum Gasteiger partial charge on any atom is 0.321 e. The van der Waals surface area contributed by atoms with E-state index >= 15 is 0 Å². The van der Waals surface area contributed by atoms with Gasteiger partial charge >= 0.3 is 5.97 Å². The number of nitrogens with zero attached hydrogens (tertiary/aromatic N) is 2. The summed E-state index contributed by atoms with van der Waals surface area (Å²) < 4.78 is 44.1. The lowest BCUT2D eigenvalue weighted by Crippen LogP contribution is -2.61. The smallest absolute Gasteiger partial charge is 0.321 e. The fourth-order valence-electron chi connectivity index (χ4n) is 5.66. The van der Waals surface area contributed by atoms with Gasteiger partial charge in [-0.25, -0.2) is 14.2 Å². The van der Waals surface area contributed by atoms with Gasteiger partial charge in [0.25, 0.3) is 11.8 Å². The van der Waals surface area contributed by atoms with Gasteiger partial charge in [0.2, 0.25) is 11.7 Å². The standard InChI is InChI=1S/C33H41F2N5O7/c1-19(2)27-29(42)37-21(4)30(43)40-13-5-6-25(39-40)28(41)36-20(3)24-10-9-23-8-7-22(14-26(23)38-24)11-12-32(31(44)47-27)17-45-33(15-34,16-35)46-18-32/h7-12,14,19-21,25,27,39H,5-6,13,15-18H2,1-4H3,(H,36,41)(H,37,42)/b12-11+/t20-,21+,25+,27+/m1/s1. The number of fused-ring (bicyclic) bond motifs is 4. The van der Waals surface area contributed by atoms with Crippen LogP contribution in [0.4, 0.5) is 8.78 Å². The second-order valence-electron chi connectivity index (χ2n) is 12.8. The van der Waals surface area contributed by atoms with E-state index in [1.165, 1.54) is 18.0 Å². The minimum Gasteiger partial charge on any atom is -0.451 e. The molecule has 4 heterocycles. The monoisotopic (exact) mass is 657 g/mol. The Kier molecular flexibility index (Phi) is 10.2. The average molecular weight is 658 g/mol. The largest absolute Gasteiger partial charge is 0.451 e. The van der Waals surface area contributed by atoms with Crippen molar-refractivity contribution >= 4 is 40.7 Å². The molecule has 0 unspecified atom stereocenters. The Hall–Kier alpha value is -4.01. The lowest BCUT2D eigenvalue weighted by molar-refractivity contribution is -0.305. The minimum absolute atomic E-state index is 0.297. The topological polar surface area (TPSA) is 148 Å². The van der Waals surface area contributed by atoms with Crippen LogP contribution in [0.3, 0.4) is 0 Å². The van der Waals surface area contributed by atoms with Gasteiger partial charge in [-0.05, 0) is 50.3 Å². The fraction of sp³-hybridized carbons (Fsp3) is 0.545. The third kappa shape index (κ3) is 7.29. The van der Waals surface area contributed by atoms with Gasteiger partial charge in [0.1, 0.15) is 30.8 Å². The van der Waals surface area contributed by atoms with Crippen LogP contribution in [-0.4, -0.2) is 90.8 Å². The molecule has 3 aliphatic heterocycles. The molecule has 3 N–H and O–H groups in total. The van der Waals surface area contributed by atoms with E-state index < -0.39 is 85.7 Å². The summed E-state index contributed by atoms with van der Waals surface area (Å²) in [5.74, 6) is -5.06. The van der Waals surface area contributed by atoms with Crippen LogP contribution in [0.5, 0.6) is 0 Å². The number of pyridine rings is 1. The number of alkyl halides is 2. The molecule has 1 aromatic heterocycles. The highest BCUT2D eigenvalue weighted by Gasteiger charge is 2.50. The number of rotatable bonds is 3. The number of esters is 1. The summed E-state index contributed by atoms with van der Waals surface area (Å²) in [7, 11) is 0. The van der Waals surface area contributed by atoms with Crippen LogP contribution in [0.15, 0.2) is 36.4 Å². The third-order valence-electron chi connectivity index (χ3n) is 8.73. The van der Waals surface area contributed by atoms with E-state index in [1.54, 1.807) is 32.1 Å². The van der Waals surface area contributed by atoms with Crippen LogP contribution in [-0.2, 0) is 33.4 Å². The van der Waals surface area contributed by atoms with Gasteiger partial charge in [0.05, 0.1) is 30.5 Å². The van der Waals surface area contributed by atoms with Crippen molar-refractivity contribution in [3.05, 3.63) is 47.7 Å². The zero-order valence-electron chi connectivity index (χ0n) is 26.9. The summed E-state index contributed by atoms with van der Waals surface area (Å²) in [4.78, 5) is 58.7. The number of carbonyl (C=O) groups is 4. The number of hydrogen-bond donors (Lipinski definition) is 3. The molecule has 0 saturated carbocycles. The van der Waals surface area contributed by atoms with Crippen molar-refractivity contribution in [3.8, 4) is 0 Å². The van der Waals surface area contributed by atoms with E-state index in [2.05, 4.69) is 16.1 Å². The average Bonchev–Trinajstić information content (AvgIpc) is 3.08. The van der Waals surface area contributed by atoms with Crippen LogP contribution in [0, 0.1) is 11.3 Å². The molecule has 5 rings (SSSR count). The SMILES string of the molecule is CC(C)[C@@H]1OC(=O)C2(/C=C/c3ccc4ccc(nc4c3)[C@@H](C)NC(=O)[C@@H]3CCCN(N3)C(=O)[C@H](C)NC1=O)COC(CF)(CF)OC2. The number of nitrogens with one attached hydrogen (secondary N) is 3. The predicted molar refractivity (Wildman–Crippen MR) is 167 cm³/mol. The molecule has 2 saturated heterocycles. The van der Waals surface area contributed by atoms with Crippen molar-refractivity contribution < 1.29 is 42.2 Å². The van der Waals surface area contributed by atoms with E-state index in [1.807, 2.05) is 25.1 Å². The van der Waals surface area contributed by atoms with Gasteiger partial charge in [-0.2, -0.15) is 0 Å². The number of benzene rings is 1. The Morgan fingerprint density at radius 1 is 0.979 bits per heavy atom. The highest BCUT2D eigenvalue weighted by Crippen LogP contribution is 2.35. The number of halogens is 2. The molecule has 14 heteroatoms. The Balaban J connectivity index is 1.54. The molecular formula is C33H41F2N5O7. The molecular weight excluding hydrogens is 616 g/mol. The van der Waals surface area contributed by atoms with E-state index in [9.17, 15) is 28.0 Å². The molecule has 1 spiro atoms. The first-order chi connectivity index (χ1) is 22.4. The highest BCUT2D eigenvalue weighted by molar-refractivity contribution is 5.92. The summed E-state index contributed by atoms with van der Waals surface area (Å²) in [6.45, 7) is 3.48. The Bertz CT molecular complexity index is 1540. The summed E-state index contributed by atoms with van der Waals surface area (Å²) in [6, 6.07) is 6.98. The molecule has 12 nitrogen and oxygen atoms in total. The molecule has 1 aromatic carbocycles. The molecule has 4 atom stereocenters. The number of hydrazine groups is 1. The van der Waals surface area contributed by atoms with E-state index in [4.69, 9.17) is 19.2 Å². The minimum atomic E-state index is -2.15. The first-order valence-electron chi connectivity index (χ1n) is 15.8. The van der Waals surface area contributed by atoms with E-state index in [0.717, 1.165) is 5.39 Å². The quantitative estimate of drug-likeness (QED) is 0.424. The number of carbonyl (C=O) groups excluding carboxylic acids is 4. The molecule has 3 amide bonds. The van der Waals surface area contributed by atoms with Crippen LogP contribution in [0.2, 0.25) is 0 Å². The molecule has 47 heavy (non-hydrogen) atoms. The van der Waals surface area contributed by atoms with Crippen LogP contribution >= 0.6 is 0 Å². The van der Waals surface area contributed by atoms with Gasteiger partial charge in [-0.1, -0.05) is 44.2 Å². The van der Waals surface area contributed by atoms with Gasteiger partial charge in [0.15, 0.2) is 6.10 Å². The normalized spacial score (nSPS) is 27.8. The molecule has 254 valence electrons. The molecule has 2 aromatic rings. The van der Waals surface area contributed by atoms with Crippen molar-refractivity contribution in [2.24, 2.45) is 11.3 Å². The van der Waals surface area contributed by atoms with Gasteiger partial charge in [-0.15, -0.1) is 0 Å². The van der Waals surface area contributed by atoms with E-state index in [-0.39, 0.29) is 5.91 Å². The van der Waals surface area contributed by atoms with E-state index in [0.29, 0.717) is 36.2 Å². The maximum absolute atomic E-state index is 13.9. The first kappa shape index (κ1) is 34.3. The van der Waals surface area contributed by atoms with Crippen LogP contribution in [0.25, 0.3) is 17.0 Å². The lowest BCUT2D eigenvalue weighted by Gasteiger charge is -2.41. The molecule has 5 bridgehead atoms. The second-order valence-corrected chi connectivity index (χ2v) is 12.8. The second kappa shape index (κ2) is 14.0. The van der Waals surface area contributed by atoms with Gasteiger partial charge < -0.3 is 24.8 Å². The number of aromatic nitrogens is 1. The zero-order valence-corrected chi connectivity index (χ0v) is 26.9. The van der Waals surface area contributed by atoms with Crippen LogP contribution < -0.4 is 16.1 Å². The summed E-state index contributed by atoms with van der Waals surface area (Å²) in [6.07, 6.45) is 2.83. The highest BCUT2D eigenvalue weighted by atomic mass is 19.1. The van der Waals surface area contributed by atoms with Crippen molar-refractivity contribution in [2.75, 3.05) is 33.1 Å². The van der Waals surface area contributed by atoms with Gasteiger partial charge in [-0.3, -0.25) is 29.2 Å². The molecule has 2 fully saturated rings. The Morgan fingerprint density at radius 3 is 2.34 bits per heavy atom. The number of cyclic esters (lactones) is 1. The maximum atomic E-state index is 13.9. The van der Waals surface area contributed by atoms with Crippen molar-refractivity contribution in [3.63, 3.8) is 0 Å². The number of hydrogen-bond acceptors (Lipinski definition) is 9. The predicted octanol–water partition coefficient (Wildman–Crippen LogP) is 2.68. The fourth-order valence-corrected chi connectivity index (χ4v) is 5.66. The number of amides is 3. The number of ether oxygens (including phenoxy) is 3. The zero-order chi connectivity index (χ0) is 33.9. The molecule has 0 radical (unpaired) electrons. The summed E-state index contributed by atoms with van der Waals surface area (Å²) >= 11 is 0. The Morgan fingerprint density at radius 2 is 1.66 bits per heavy atom. The van der Waals surface area contributed by atoms with Crippen molar-refractivity contribution in [2.45, 2.75) is 70.6 Å². The molecule has 0 aliphatic carbocycles. The first-order valence-corrected chi connectivity index (χ1v) is 15.8. The van der Waals surface area contributed by atoms with Crippen molar-refractivity contribution in [1.82, 2.24) is 26.1 Å². The summed E-state index contributed by atoms with van der Waals surface area (Å²) in [5.41, 5.74) is 3.19. The lowest BCUT2D eigenvalue weighted by atomic mass is 9.87. The Labute approximate surface area is 271 Å².